The average Bonchev–Trinajstić information content (AvgIpc) is 3.14. The Balaban J connectivity index is 1.83. The first-order chi connectivity index (χ1) is 13.3. The second-order valence-electron chi connectivity index (χ2n) is 6.24. The Hall–Kier alpha value is -3.41. The summed E-state index contributed by atoms with van der Waals surface area (Å²) in [6, 6.07) is 17.2. The summed E-state index contributed by atoms with van der Waals surface area (Å²) in [7, 11) is 0. The summed E-state index contributed by atoms with van der Waals surface area (Å²) >= 11 is 0. The Labute approximate surface area is 156 Å². The molecule has 0 bridgehead atoms. The normalized spacial score (nSPS) is 11.0. The molecule has 0 radical (unpaired) electrons. The van der Waals surface area contributed by atoms with Crippen molar-refractivity contribution < 1.29 is 4.74 Å². The highest BCUT2D eigenvalue weighted by Gasteiger charge is 2.14. The largest absolute Gasteiger partial charge is 0.493 e. The van der Waals surface area contributed by atoms with E-state index in [4.69, 9.17) is 9.72 Å². The van der Waals surface area contributed by atoms with Crippen LogP contribution in [0.3, 0.4) is 0 Å². The highest BCUT2D eigenvalue weighted by atomic mass is 16.5. The van der Waals surface area contributed by atoms with Crippen LogP contribution in [0.4, 0.5) is 0 Å². The highest BCUT2D eigenvalue weighted by molar-refractivity contribution is 5.78. The van der Waals surface area contributed by atoms with E-state index in [-0.39, 0.29) is 5.56 Å². The molecule has 0 amide bonds. The van der Waals surface area contributed by atoms with Crippen molar-refractivity contribution in [2.45, 2.75) is 19.8 Å². The molecule has 2 aromatic carbocycles. The number of aromatic amines is 1. The van der Waals surface area contributed by atoms with Gasteiger partial charge in [-0.15, -0.1) is 0 Å². The molecule has 6 nitrogen and oxygen atoms in total. The maximum Gasteiger partial charge on any atom is 0.262 e. The number of aromatic nitrogens is 4. The van der Waals surface area contributed by atoms with E-state index in [0.717, 1.165) is 24.1 Å². The van der Waals surface area contributed by atoms with E-state index in [2.05, 4.69) is 17.0 Å². The topological polar surface area (TPSA) is 72.8 Å². The lowest BCUT2D eigenvalue weighted by Crippen LogP contribution is -2.10. The first-order valence-corrected chi connectivity index (χ1v) is 9.03. The molecule has 2 aromatic heterocycles. The predicted molar refractivity (Wildman–Crippen MR) is 105 cm³/mol. The number of hydrogen-bond donors (Lipinski definition) is 1. The first kappa shape index (κ1) is 17.0. The molecule has 0 atom stereocenters. The summed E-state index contributed by atoms with van der Waals surface area (Å²) in [5.74, 6) is 1.18. The molecular formula is C21H20N4O2. The van der Waals surface area contributed by atoms with Gasteiger partial charge >= 0.3 is 0 Å². The zero-order chi connectivity index (χ0) is 18.6. The van der Waals surface area contributed by atoms with Gasteiger partial charge in [0, 0.05) is 0 Å². The minimum Gasteiger partial charge on any atom is -0.493 e. The van der Waals surface area contributed by atoms with Crippen LogP contribution in [0.5, 0.6) is 5.75 Å². The Morgan fingerprint density at radius 1 is 1.07 bits per heavy atom. The van der Waals surface area contributed by atoms with E-state index >= 15 is 0 Å². The molecule has 2 heterocycles. The van der Waals surface area contributed by atoms with Crippen molar-refractivity contribution in [1.29, 1.82) is 0 Å². The summed E-state index contributed by atoms with van der Waals surface area (Å²) in [6.45, 7) is 2.74. The third-order valence-corrected chi connectivity index (χ3v) is 4.34. The first-order valence-electron chi connectivity index (χ1n) is 9.03. The number of nitrogens with zero attached hydrogens (tertiary/aromatic N) is 3. The van der Waals surface area contributed by atoms with Crippen LogP contribution in [0, 0.1) is 0 Å². The minimum atomic E-state index is -0.222. The van der Waals surface area contributed by atoms with E-state index < -0.39 is 0 Å². The van der Waals surface area contributed by atoms with E-state index in [1.54, 1.807) is 10.9 Å². The van der Waals surface area contributed by atoms with Gasteiger partial charge in [-0.2, -0.15) is 5.10 Å². The van der Waals surface area contributed by atoms with Crippen molar-refractivity contribution in [3.05, 3.63) is 71.1 Å². The van der Waals surface area contributed by atoms with Gasteiger partial charge in [0.15, 0.2) is 5.65 Å². The monoisotopic (exact) mass is 360 g/mol. The van der Waals surface area contributed by atoms with Crippen molar-refractivity contribution in [2.75, 3.05) is 6.61 Å². The van der Waals surface area contributed by atoms with Gasteiger partial charge in [-0.05, 0) is 30.7 Å². The van der Waals surface area contributed by atoms with Gasteiger partial charge < -0.3 is 9.72 Å². The van der Waals surface area contributed by atoms with Crippen molar-refractivity contribution >= 4 is 11.0 Å². The quantitative estimate of drug-likeness (QED) is 0.528. The number of para-hydroxylation sites is 2. The molecule has 0 spiro atoms. The van der Waals surface area contributed by atoms with Gasteiger partial charge in [-0.1, -0.05) is 43.7 Å². The molecule has 1 N–H and O–H groups in total. The summed E-state index contributed by atoms with van der Waals surface area (Å²) < 4.78 is 7.57. The van der Waals surface area contributed by atoms with E-state index in [9.17, 15) is 4.79 Å². The van der Waals surface area contributed by atoms with Gasteiger partial charge in [0.25, 0.3) is 5.56 Å². The number of hydrogen-bond acceptors (Lipinski definition) is 4. The van der Waals surface area contributed by atoms with Crippen molar-refractivity contribution in [2.24, 2.45) is 0 Å². The number of nitrogens with one attached hydrogen (secondary N) is 1. The number of benzene rings is 2. The molecule has 0 fully saturated rings. The Bertz CT molecular complexity index is 1120. The lowest BCUT2D eigenvalue weighted by Gasteiger charge is -2.11. The zero-order valence-electron chi connectivity index (χ0n) is 15.1. The molecule has 0 aliphatic rings. The van der Waals surface area contributed by atoms with Crippen LogP contribution >= 0.6 is 0 Å². The average molecular weight is 360 g/mol. The molecule has 4 aromatic rings. The Morgan fingerprint density at radius 3 is 2.67 bits per heavy atom. The summed E-state index contributed by atoms with van der Waals surface area (Å²) in [5, 5.41) is 4.80. The molecule has 136 valence electrons. The van der Waals surface area contributed by atoms with Gasteiger partial charge in [0.2, 0.25) is 0 Å². The second kappa shape index (κ2) is 7.45. The summed E-state index contributed by atoms with van der Waals surface area (Å²) in [5.41, 5.74) is 1.90. The number of rotatable bonds is 6. The fourth-order valence-corrected chi connectivity index (χ4v) is 2.92. The van der Waals surface area contributed by atoms with E-state index in [1.807, 2.05) is 54.6 Å². The standard InChI is InChI=1S/C21H20N4O2/c1-2-3-13-27-18-12-8-7-11-16(18)19-23-20-17(21(26)24-19)14-22-25(20)15-9-5-4-6-10-15/h4-12,14H,2-3,13H2,1H3,(H,23,24,26). The fraction of sp³-hybridized carbons (Fsp3) is 0.190. The number of ether oxygens (including phenoxy) is 1. The fourth-order valence-electron chi connectivity index (χ4n) is 2.92. The molecule has 0 unspecified atom stereocenters. The molecule has 0 saturated carbocycles. The van der Waals surface area contributed by atoms with Gasteiger partial charge in [-0.3, -0.25) is 4.79 Å². The maximum atomic E-state index is 12.6. The van der Waals surface area contributed by atoms with Crippen molar-refractivity contribution in [1.82, 2.24) is 19.7 Å². The van der Waals surface area contributed by atoms with Crippen LogP contribution in [0.2, 0.25) is 0 Å². The SMILES string of the molecule is CCCCOc1ccccc1-c1nc2c(cnn2-c2ccccc2)c(=O)[nH]1. The molecular weight excluding hydrogens is 340 g/mol. The highest BCUT2D eigenvalue weighted by Crippen LogP contribution is 2.28. The number of fused-ring (bicyclic) bond motifs is 1. The number of H-pyrrole nitrogens is 1. The molecule has 0 aliphatic heterocycles. The number of unbranched alkanes of at least 4 members (excludes halogenated alkanes) is 1. The third-order valence-electron chi connectivity index (χ3n) is 4.34. The van der Waals surface area contributed by atoms with Crippen molar-refractivity contribution in [3.8, 4) is 22.8 Å². The molecule has 4 rings (SSSR count). The van der Waals surface area contributed by atoms with Crippen LogP contribution in [0.25, 0.3) is 28.1 Å². The van der Waals surface area contributed by atoms with Crippen molar-refractivity contribution in [3.63, 3.8) is 0 Å². The second-order valence-corrected chi connectivity index (χ2v) is 6.24. The van der Waals surface area contributed by atoms with Crippen LogP contribution in [0.1, 0.15) is 19.8 Å². The third kappa shape index (κ3) is 3.33. The maximum absolute atomic E-state index is 12.6. The van der Waals surface area contributed by atoms with Gasteiger partial charge in [0.05, 0.1) is 24.1 Å². The van der Waals surface area contributed by atoms with Crippen LogP contribution in [-0.4, -0.2) is 26.4 Å². The Morgan fingerprint density at radius 2 is 1.85 bits per heavy atom. The van der Waals surface area contributed by atoms with Crippen LogP contribution in [0.15, 0.2) is 65.6 Å². The van der Waals surface area contributed by atoms with Gasteiger partial charge in [-0.25, -0.2) is 9.67 Å². The van der Waals surface area contributed by atoms with Crippen LogP contribution in [-0.2, 0) is 0 Å². The smallest absolute Gasteiger partial charge is 0.262 e. The Kier molecular flexibility index (Phi) is 4.70. The molecule has 0 saturated heterocycles. The lowest BCUT2D eigenvalue weighted by atomic mass is 10.2. The van der Waals surface area contributed by atoms with E-state index in [1.165, 1.54) is 0 Å². The van der Waals surface area contributed by atoms with Crippen LogP contribution < -0.4 is 10.3 Å². The van der Waals surface area contributed by atoms with Gasteiger partial charge in [0.1, 0.15) is 17.0 Å². The molecule has 27 heavy (non-hydrogen) atoms. The summed E-state index contributed by atoms with van der Waals surface area (Å²) in [4.78, 5) is 20.2. The zero-order valence-corrected chi connectivity index (χ0v) is 15.1. The van der Waals surface area contributed by atoms with E-state index in [0.29, 0.717) is 29.2 Å². The lowest BCUT2D eigenvalue weighted by molar-refractivity contribution is 0.310. The minimum absolute atomic E-state index is 0.222. The molecule has 0 aliphatic carbocycles. The summed E-state index contributed by atoms with van der Waals surface area (Å²) in [6.07, 6.45) is 3.57. The predicted octanol–water partition coefficient (Wildman–Crippen LogP) is 3.95. The molecule has 6 heteroatoms.